The number of nitrogens with zero attached hydrogens (tertiary/aromatic N) is 2. The van der Waals surface area contributed by atoms with E-state index in [4.69, 9.17) is 0 Å². The molecule has 0 spiro atoms. The van der Waals surface area contributed by atoms with Crippen LogP contribution in [0.3, 0.4) is 0 Å². The van der Waals surface area contributed by atoms with Crippen LogP contribution in [0.2, 0.25) is 0 Å². The van der Waals surface area contributed by atoms with Gasteiger partial charge < -0.3 is 4.74 Å². The minimum atomic E-state index is -0.207. The Labute approximate surface area is 123 Å². The quantitative estimate of drug-likeness (QED) is 0.491. The van der Waals surface area contributed by atoms with E-state index in [0.29, 0.717) is 17.3 Å². The van der Waals surface area contributed by atoms with Crippen LogP contribution < -0.4 is 0 Å². The molecular formula is C15H18N2O2S. The summed E-state index contributed by atoms with van der Waals surface area (Å²) in [6, 6.07) is 4.21. The number of ether oxygens (including phenoxy) is 1. The summed E-state index contributed by atoms with van der Waals surface area (Å²) in [5, 5.41) is 1.80. The SMILES string of the molecule is COC(=O)CCSc1nc(C)c2cc(C)c(C)cc2n1. The lowest BCUT2D eigenvalue weighted by Crippen LogP contribution is -2.02. The highest BCUT2D eigenvalue weighted by Crippen LogP contribution is 2.23. The molecule has 1 aromatic heterocycles. The molecule has 1 heterocycles. The molecule has 0 aliphatic carbocycles. The maximum absolute atomic E-state index is 11.1. The molecule has 0 unspecified atom stereocenters. The van der Waals surface area contributed by atoms with Crippen molar-refractivity contribution in [3.63, 3.8) is 0 Å². The Hall–Kier alpha value is -1.62. The lowest BCUT2D eigenvalue weighted by atomic mass is 10.1. The molecule has 0 saturated carbocycles. The van der Waals surface area contributed by atoms with Crippen molar-refractivity contribution in [1.29, 1.82) is 0 Å². The summed E-state index contributed by atoms with van der Waals surface area (Å²) in [7, 11) is 1.40. The molecule has 0 aliphatic heterocycles. The molecule has 0 fully saturated rings. The molecule has 106 valence electrons. The highest BCUT2D eigenvalue weighted by Gasteiger charge is 2.08. The van der Waals surface area contributed by atoms with Gasteiger partial charge in [-0.1, -0.05) is 11.8 Å². The van der Waals surface area contributed by atoms with E-state index in [-0.39, 0.29) is 5.97 Å². The molecule has 2 rings (SSSR count). The fourth-order valence-electron chi connectivity index (χ4n) is 1.91. The van der Waals surface area contributed by atoms with E-state index >= 15 is 0 Å². The minimum absolute atomic E-state index is 0.207. The third kappa shape index (κ3) is 3.28. The third-order valence-corrected chi connectivity index (χ3v) is 4.10. The summed E-state index contributed by atoms with van der Waals surface area (Å²) in [4.78, 5) is 20.1. The van der Waals surface area contributed by atoms with E-state index in [2.05, 4.69) is 40.7 Å². The van der Waals surface area contributed by atoms with E-state index in [1.807, 2.05) is 6.92 Å². The average Bonchev–Trinajstić information content (AvgIpc) is 2.41. The lowest BCUT2D eigenvalue weighted by molar-refractivity contribution is -0.140. The predicted octanol–water partition coefficient (Wildman–Crippen LogP) is 3.21. The Morgan fingerprint density at radius 3 is 2.60 bits per heavy atom. The average molecular weight is 290 g/mol. The number of thioether (sulfide) groups is 1. The largest absolute Gasteiger partial charge is 0.469 e. The number of carbonyl (C=O) groups is 1. The van der Waals surface area contributed by atoms with E-state index in [9.17, 15) is 4.79 Å². The first-order valence-electron chi connectivity index (χ1n) is 6.46. The maximum atomic E-state index is 11.1. The van der Waals surface area contributed by atoms with Crippen molar-refractivity contribution in [2.24, 2.45) is 0 Å². The van der Waals surface area contributed by atoms with Gasteiger partial charge in [0.1, 0.15) is 0 Å². The van der Waals surface area contributed by atoms with Crippen LogP contribution in [0, 0.1) is 20.8 Å². The molecular weight excluding hydrogens is 272 g/mol. The van der Waals surface area contributed by atoms with E-state index in [1.165, 1.54) is 30.0 Å². The second-order valence-corrected chi connectivity index (χ2v) is 5.78. The molecule has 2 aromatic rings. The molecule has 0 aliphatic rings. The third-order valence-electron chi connectivity index (χ3n) is 3.25. The van der Waals surface area contributed by atoms with Crippen molar-refractivity contribution in [1.82, 2.24) is 9.97 Å². The summed E-state index contributed by atoms with van der Waals surface area (Å²) in [5.41, 5.74) is 4.40. The summed E-state index contributed by atoms with van der Waals surface area (Å²) >= 11 is 1.48. The fraction of sp³-hybridized carbons (Fsp3) is 0.400. The zero-order valence-corrected chi connectivity index (χ0v) is 13.0. The van der Waals surface area contributed by atoms with Crippen LogP contribution >= 0.6 is 11.8 Å². The number of aromatic nitrogens is 2. The molecule has 0 bridgehead atoms. The van der Waals surface area contributed by atoms with Gasteiger partial charge in [-0.15, -0.1) is 0 Å². The van der Waals surface area contributed by atoms with Crippen LogP contribution in [0.25, 0.3) is 10.9 Å². The Balaban J connectivity index is 2.23. The molecule has 0 atom stereocenters. The van der Waals surface area contributed by atoms with E-state index in [1.54, 1.807) is 0 Å². The van der Waals surface area contributed by atoms with Gasteiger partial charge in [0.15, 0.2) is 5.16 Å². The van der Waals surface area contributed by atoms with E-state index < -0.39 is 0 Å². The van der Waals surface area contributed by atoms with Crippen LogP contribution in [0.4, 0.5) is 0 Å². The number of benzene rings is 1. The van der Waals surface area contributed by atoms with Crippen LogP contribution in [-0.2, 0) is 9.53 Å². The Kier molecular flexibility index (Phi) is 4.60. The number of aryl methyl sites for hydroxylation is 3. The topological polar surface area (TPSA) is 52.1 Å². The first-order valence-corrected chi connectivity index (χ1v) is 7.45. The summed E-state index contributed by atoms with van der Waals surface area (Å²) in [5.74, 6) is 0.420. The van der Waals surface area contributed by atoms with Crippen LogP contribution in [0.15, 0.2) is 17.3 Å². The van der Waals surface area contributed by atoms with Gasteiger partial charge in [0.2, 0.25) is 0 Å². The van der Waals surface area contributed by atoms with Gasteiger partial charge in [0.05, 0.1) is 19.0 Å². The van der Waals surface area contributed by atoms with Crippen molar-refractivity contribution in [2.45, 2.75) is 32.3 Å². The van der Waals surface area contributed by atoms with Crippen LogP contribution in [0.1, 0.15) is 23.2 Å². The second-order valence-electron chi connectivity index (χ2n) is 4.72. The van der Waals surface area contributed by atoms with Crippen molar-refractivity contribution in [3.05, 3.63) is 29.0 Å². The monoisotopic (exact) mass is 290 g/mol. The van der Waals surface area contributed by atoms with Crippen molar-refractivity contribution in [3.8, 4) is 0 Å². The number of fused-ring (bicyclic) bond motifs is 1. The number of hydrogen-bond donors (Lipinski definition) is 0. The normalized spacial score (nSPS) is 10.8. The van der Waals surface area contributed by atoms with Gasteiger partial charge in [0.25, 0.3) is 0 Å². The fourth-order valence-corrected chi connectivity index (χ4v) is 2.72. The van der Waals surface area contributed by atoms with Gasteiger partial charge >= 0.3 is 5.97 Å². The first kappa shape index (κ1) is 14.8. The molecule has 0 saturated heterocycles. The Morgan fingerprint density at radius 2 is 1.90 bits per heavy atom. The predicted molar refractivity (Wildman–Crippen MR) is 81.1 cm³/mol. The van der Waals surface area contributed by atoms with Gasteiger partial charge in [-0.3, -0.25) is 4.79 Å². The molecule has 0 amide bonds. The van der Waals surface area contributed by atoms with Gasteiger partial charge in [-0.05, 0) is 44.0 Å². The number of carbonyl (C=O) groups excluding carboxylic acids is 1. The zero-order valence-electron chi connectivity index (χ0n) is 12.2. The number of hydrogen-bond acceptors (Lipinski definition) is 5. The Morgan fingerprint density at radius 1 is 1.20 bits per heavy atom. The summed E-state index contributed by atoms with van der Waals surface area (Å²) < 4.78 is 4.62. The Bertz CT molecular complexity index is 656. The lowest BCUT2D eigenvalue weighted by Gasteiger charge is -2.08. The highest BCUT2D eigenvalue weighted by atomic mass is 32.2. The van der Waals surface area contributed by atoms with Crippen molar-refractivity contribution >= 4 is 28.6 Å². The van der Waals surface area contributed by atoms with Crippen LogP contribution in [-0.4, -0.2) is 28.8 Å². The standard InChI is InChI=1S/C15H18N2O2S/c1-9-7-12-11(3)16-15(17-13(12)8-10(9)2)20-6-5-14(18)19-4/h7-8H,5-6H2,1-4H3. The minimum Gasteiger partial charge on any atom is -0.469 e. The zero-order chi connectivity index (χ0) is 14.7. The number of methoxy groups -OCH3 is 1. The van der Waals surface area contributed by atoms with Crippen molar-refractivity contribution in [2.75, 3.05) is 12.9 Å². The first-order chi connectivity index (χ1) is 9.51. The molecule has 5 heteroatoms. The molecule has 0 radical (unpaired) electrons. The van der Waals surface area contributed by atoms with Gasteiger partial charge in [0, 0.05) is 16.8 Å². The number of rotatable bonds is 4. The summed E-state index contributed by atoms with van der Waals surface area (Å²) in [6.45, 7) is 6.16. The molecule has 1 aromatic carbocycles. The smallest absolute Gasteiger partial charge is 0.306 e. The second kappa shape index (κ2) is 6.22. The van der Waals surface area contributed by atoms with Crippen LogP contribution in [0.5, 0.6) is 0 Å². The molecule has 0 N–H and O–H groups in total. The maximum Gasteiger partial charge on any atom is 0.306 e. The van der Waals surface area contributed by atoms with E-state index in [0.717, 1.165) is 16.6 Å². The van der Waals surface area contributed by atoms with Crippen molar-refractivity contribution < 1.29 is 9.53 Å². The summed E-state index contributed by atoms with van der Waals surface area (Å²) in [6.07, 6.45) is 0.370. The highest BCUT2D eigenvalue weighted by molar-refractivity contribution is 7.99. The molecule has 20 heavy (non-hydrogen) atoms. The molecule has 4 nitrogen and oxygen atoms in total. The number of esters is 1. The van der Waals surface area contributed by atoms with Gasteiger partial charge in [-0.2, -0.15) is 0 Å². The van der Waals surface area contributed by atoms with Gasteiger partial charge in [-0.25, -0.2) is 9.97 Å².